The van der Waals surface area contributed by atoms with Crippen LogP contribution in [0.15, 0.2) is 17.8 Å². The quantitative estimate of drug-likeness (QED) is 0.769. The summed E-state index contributed by atoms with van der Waals surface area (Å²) in [4.78, 5) is 3.82. The molecule has 0 amide bonds. The molecular formula is C9H15N7O2S. The Kier molecular flexibility index (Phi) is 3.62. The Labute approximate surface area is 110 Å². The van der Waals surface area contributed by atoms with Crippen LogP contribution in [0.5, 0.6) is 0 Å². The molecule has 0 aromatic carbocycles. The zero-order chi connectivity index (χ0) is 14.0. The summed E-state index contributed by atoms with van der Waals surface area (Å²) in [6, 6.07) is 0. The highest BCUT2D eigenvalue weighted by atomic mass is 32.2. The highest BCUT2D eigenvalue weighted by Crippen LogP contribution is 2.11. The molecule has 0 bridgehead atoms. The first-order valence-electron chi connectivity index (χ1n) is 5.65. The second-order valence-electron chi connectivity index (χ2n) is 4.54. The van der Waals surface area contributed by atoms with Crippen molar-refractivity contribution in [3.8, 4) is 0 Å². The standard InChI is InChI=1S/C9H15N7O2S/c1-7(2)3-16-8(4-15-6-11-5-12-15)13-14-9(16)19(10,17)18/h5-7H,3-4H2,1-2H3,(H2,10,17,18). The van der Waals surface area contributed by atoms with Crippen LogP contribution in [-0.2, 0) is 23.1 Å². The molecule has 2 heterocycles. The number of primary sulfonamides is 1. The van der Waals surface area contributed by atoms with Gasteiger partial charge in [0.2, 0.25) is 0 Å². The fraction of sp³-hybridized carbons (Fsp3) is 0.556. The van der Waals surface area contributed by atoms with Crippen LogP contribution >= 0.6 is 0 Å². The first kappa shape index (κ1) is 13.6. The van der Waals surface area contributed by atoms with Crippen LogP contribution in [0.1, 0.15) is 19.7 Å². The van der Waals surface area contributed by atoms with Crippen molar-refractivity contribution < 1.29 is 8.42 Å². The van der Waals surface area contributed by atoms with Gasteiger partial charge in [-0.05, 0) is 5.92 Å². The summed E-state index contributed by atoms with van der Waals surface area (Å²) in [7, 11) is -3.89. The van der Waals surface area contributed by atoms with E-state index in [0.717, 1.165) is 0 Å². The van der Waals surface area contributed by atoms with Crippen molar-refractivity contribution in [1.82, 2.24) is 29.5 Å². The molecule has 0 aliphatic heterocycles. The van der Waals surface area contributed by atoms with Crippen molar-refractivity contribution in [2.45, 2.75) is 32.1 Å². The Balaban J connectivity index is 2.41. The molecule has 10 heteroatoms. The maximum absolute atomic E-state index is 11.5. The third kappa shape index (κ3) is 3.15. The van der Waals surface area contributed by atoms with Crippen LogP contribution in [-0.4, -0.2) is 37.9 Å². The topological polar surface area (TPSA) is 122 Å². The number of aromatic nitrogens is 6. The van der Waals surface area contributed by atoms with Crippen molar-refractivity contribution in [2.75, 3.05) is 0 Å². The van der Waals surface area contributed by atoms with Crippen molar-refractivity contribution in [3.63, 3.8) is 0 Å². The fourth-order valence-corrected chi connectivity index (χ4v) is 2.30. The number of hydrogen-bond acceptors (Lipinski definition) is 6. The highest BCUT2D eigenvalue weighted by molar-refractivity contribution is 7.89. The van der Waals surface area contributed by atoms with E-state index in [1.54, 1.807) is 0 Å². The third-order valence-electron chi connectivity index (χ3n) is 2.37. The van der Waals surface area contributed by atoms with E-state index >= 15 is 0 Å². The highest BCUT2D eigenvalue weighted by Gasteiger charge is 2.21. The SMILES string of the molecule is CC(C)Cn1c(Cn2cncn2)nnc1S(N)(=O)=O. The van der Waals surface area contributed by atoms with Crippen LogP contribution < -0.4 is 5.14 Å². The van der Waals surface area contributed by atoms with Gasteiger partial charge in [0.05, 0.1) is 0 Å². The van der Waals surface area contributed by atoms with Crippen molar-refractivity contribution in [3.05, 3.63) is 18.5 Å². The van der Waals surface area contributed by atoms with Gasteiger partial charge in [-0.25, -0.2) is 23.2 Å². The molecule has 2 rings (SSSR count). The molecule has 2 aromatic heterocycles. The lowest BCUT2D eigenvalue weighted by atomic mass is 10.2. The predicted molar refractivity (Wildman–Crippen MR) is 65.4 cm³/mol. The molecule has 0 fully saturated rings. The minimum atomic E-state index is -3.89. The summed E-state index contributed by atoms with van der Waals surface area (Å²) in [6.07, 6.45) is 2.91. The number of hydrogen-bond donors (Lipinski definition) is 1. The molecule has 0 aliphatic carbocycles. The molecule has 0 spiro atoms. The van der Waals surface area contributed by atoms with E-state index in [2.05, 4.69) is 20.3 Å². The molecule has 0 saturated heterocycles. The Hall–Kier alpha value is -1.81. The molecule has 19 heavy (non-hydrogen) atoms. The summed E-state index contributed by atoms with van der Waals surface area (Å²) in [5.41, 5.74) is 0. The van der Waals surface area contributed by atoms with Crippen molar-refractivity contribution in [1.29, 1.82) is 0 Å². The van der Waals surface area contributed by atoms with Crippen LogP contribution in [0.4, 0.5) is 0 Å². The van der Waals surface area contributed by atoms with Gasteiger partial charge in [-0.15, -0.1) is 10.2 Å². The van der Waals surface area contributed by atoms with Crippen molar-refractivity contribution >= 4 is 10.0 Å². The minimum absolute atomic E-state index is 0.226. The second-order valence-corrected chi connectivity index (χ2v) is 6.00. The first-order chi connectivity index (χ1) is 8.88. The number of nitrogens with two attached hydrogens (primary N) is 1. The van der Waals surface area contributed by atoms with Gasteiger partial charge < -0.3 is 0 Å². The zero-order valence-electron chi connectivity index (χ0n) is 10.6. The molecule has 0 atom stereocenters. The van der Waals surface area contributed by atoms with Gasteiger partial charge in [-0.2, -0.15) is 5.10 Å². The van der Waals surface area contributed by atoms with Crippen LogP contribution in [0.2, 0.25) is 0 Å². The predicted octanol–water partition coefficient (Wildman–Crippen LogP) is -0.779. The van der Waals surface area contributed by atoms with Gasteiger partial charge in [-0.1, -0.05) is 13.8 Å². The lowest BCUT2D eigenvalue weighted by Crippen LogP contribution is -2.21. The average Bonchev–Trinajstić information content (AvgIpc) is 2.88. The molecule has 2 N–H and O–H groups in total. The van der Waals surface area contributed by atoms with Gasteiger partial charge in [-0.3, -0.25) is 4.57 Å². The molecule has 2 aromatic rings. The van der Waals surface area contributed by atoms with E-state index in [4.69, 9.17) is 5.14 Å². The van der Waals surface area contributed by atoms with E-state index in [-0.39, 0.29) is 17.6 Å². The summed E-state index contributed by atoms with van der Waals surface area (Å²) < 4.78 is 26.0. The Bertz CT molecular complexity index is 644. The monoisotopic (exact) mass is 285 g/mol. The van der Waals surface area contributed by atoms with Gasteiger partial charge >= 0.3 is 0 Å². The normalized spacial score (nSPS) is 12.2. The van der Waals surface area contributed by atoms with E-state index in [1.807, 2.05) is 13.8 Å². The van der Waals surface area contributed by atoms with E-state index in [1.165, 1.54) is 21.9 Å². The Morgan fingerprint density at radius 2 is 2.11 bits per heavy atom. The molecular weight excluding hydrogens is 270 g/mol. The average molecular weight is 285 g/mol. The number of rotatable bonds is 5. The molecule has 0 saturated carbocycles. The summed E-state index contributed by atoms with van der Waals surface area (Å²) in [6.45, 7) is 4.68. The summed E-state index contributed by atoms with van der Waals surface area (Å²) in [5, 5.41) is 16.4. The zero-order valence-corrected chi connectivity index (χ0v) is 11.4. The van der Waals surface area contributed by atoms with Crippen LogP contribution in [0.3, 0.4) is 0 Å². The van der Waals surface area contributed by atoms with Gasteiger partial charge in [0, 0.05) is 6.54 Å². The lowest BCUT2D eigenvalue weighted by molar-refractivity contribution is 0.461. The maximum Gasteiger partial charge on any atom is 0.273 e. The van der Waals surface area contributed by atoms with E-state index in [0.29, 0.717) is 12.4 Å². The van der Waals surface area contributed by atoms with Gasteiger partial charge in [0.25, 0.3) is 15.2 Å². The molecule has 9 nitrogen and oxygen atoms in total. The lowest BCUT2D eigenvalue weighted by Gasteiger charge is -2.11. The van der Waals surface area contributed by atoms with Crippen molar-refractivity contribution in [2.24, 2.45) is 11.1 Å². The molecule has 0 radical (unpaired) electrons. The molecule has 104 valence electrons. The van der Waals surface area contributed by atoms with Gasteiger partial charge in [0.15, 0.2) is 5.82 Å². The number of sulfonamides is 1. The largest absolute Gasteiger partial charge is 0.299 e. The smallest absolute Gasteiger partial charge is 0.273 e. The van der Waals surface area contributed by atoms with E-state index in [9.17, 15) is 8.42 Å². The molecule has 0 unspecified atom stereocenters. The summed E-state index contributed by atoms with van der Waals surface area (Å²) in [5.74, 6) is 0.703. The Morgan fingerprint density at radius 3 is 2.63 bits per heavy atom. The van der Waals surface area contributed by atoms with Crippen LogP contribution in [0.25, 0.3) is 0 Å². The maximum atomic E-state index is 11.5. The third-order valence-corrected chi connectivity index (χ3v) is 3.18. The van der Waals surface area contributed by atoms with Gasteiger partial charge in [0.1, 0.15) is 19.2 Å². The minimum Gasteiger partial charge on any atom is -0.299 e. The fourth-order valence-electron chi connectivity index (χ4n) is 1.65. The second kappa shape index (κ2) is 5.05. The summed E-state index contributed by atoms with van der Waals surface area (Å²) >= 11 is 0. The van der Waals surface area contributed by atoms with Crippen LogP contribution in [0, 0.1) is 5.92 Å². The number of nitrogens with zero attached hydrogens (tertiary/aromatic N) is 6. The Morgan fingerprint density at radius 1 is 1.37 bits per heavy atom. The van der Waals surface area contributed by atoms with E-state index < -0.39 is 10.0 Å². The molecule has 0 aliphatic rings. The first-order valence-corrected chi connectivity index (χ1v) is 7.20.